The number of ether oxygens (including phenoxy) is 1. The molecule has 0 amide bonds. The van der Waals surface area contributed by atoms with Crippen LogP contribution >= 0.6 is 0 Å². The minimum absolute atomic E-state index is 0.140. The molecule has 2 nitrogen and oxygen atoms in total. The highest BCUT2D eigenvalue weighted by atomic mass is 16.5. The lowest BCUT2D eigenvalue weighted by molar-refractivity contribution is 0.112. The number of aryl methyl sites for hydroxylation is 1. The fourth-order valence-electron chi connectivity index (χ4n) is 2.21. The Morgan fingerprint density at radius 1 is 1.40 bits per heavy atom. The first-order chi connectivity index (χ1) is 6.94. The van der Waals surface area contributed by atoms with E-state index in [1.54, 1.807) is 0 Å². The standard InChI is InChI=1S/C13H16O2/c1-8-5-10(7-14)9(2)11-6-13(3,4)15-12(8)11/h5,7H,6H2,1-4H3. The largest absolute Gasteiger partial charge is 0.487 e. The zero-order chi connectivity index (χ0) is 11.2. The van der Waals surface area contributed by atoms with Crippen LogP contribution in [0.3, 0.4) is 0 Å². The van der Waals surface area contributed by atoms with Gasteiger partial charge in [-0.3, -0.25) is 4.79 Å². The summed E-state index contributed by atoms with van der Waals surface area (Å²) in [5.74, 6) is 0.975. The highest BCUT2D eigenvalue weighted by Crippen LogP contribution is 2.40. The van der Waals surface area contributed by atoms with Crippen LogP contribution < -0.4 is 4.74 Å². The van der Waals surface area contributed by atoms with Crippen molar-refractivity contribution >= 4 is 6.29 Å². The lowest BCUT2D eigenvalue weighted by atomic mass is 9.93. The Balaban J connectivity index is 2.63. The minimum Gasteiger partial charge on any atom is -0.487 e. The van der Waals surface area contributed by atoms with E-state index in [0.717, 1.165) is 35.1 Å². The van der Waals surface area contributed by atoms with Gasteiger partial charge in [-0.05, 0) is 44.9 Å². The van der Waals surface area contributed by atoms with Crippen LogP contribution in [0.2, 0.25) is 0 Å². The van der Waals surface area contributed by atoms with Crippen LogP contribution in [0.4, 0.5) is 0 Å². The average molecular weight is 204 g/mol. The van der Waals surface area contributed by atoms with Crippen molar-refractivity contribution in [2.45, 2.75) is 39.7 Å². The van der Waals surface area contributed by atoms with E-state index in [9.17, 15) is 4.79 Å². The zero-order valence-corrected chi connectivity index (χ0v) is 9.68. The van der Waals surface area contributed by atoms with E-state index in [1.165, 1.54) is 5.56 Å². The summed E-state index contributed by atoms with van der Waals surface area (Å²) in [6.45, 7) is 8.14. The maximum absolute atomic E-state index is 10.9. The number of carbonyl (C=O) groups is 1. The lowest BCUT2D eigenvalue weighted by Gasteiger charge is -2.17. The molecule has 0 saturated heterocycles. The van der Waals surface area contributed by atoms with Crippen LogP contribution in [0, 0.1) is 13.8 Å². The maximum atomic E-state index is 10.9. The first kappa shape index (κ1) is 10.2. The predicted octanol–water partition coefficient (Wildman–Crippen LogP) is 2.83. The SMILES string of the molecule is Cc1cc(C=O)c(C)c2c1OC(C)(C)C2. The van der Waals surface area contributed by atoms with Crippen molar-refractivity contribution in [3.63, 3.8) is 0 Å². The quantitative estimate of drug-likeness (QED) is 0.657. The summed E-state index contributed by atoms with van der Waals surface area (Å²) >= 11 is 0. The highest BCUT2D eigenvalue weighted by Gasteiger charge is 2.32. The molecule has 0 radical (unpaired) electrons. The fraction of sp³-hybridized carbons (Fsp3) is 0.462. The minimum atomic E-state index is -0.140. The lowest BCUT2D eigenvalue weighted by Crippen LogP contribution is -2.24. The second-order valence-corrected chi connectivity index (χ2v) is 4.87. The molecule has 0 atom stereocenters. The third-order valence-electron chi connectivity index (χ3n) is 3.00. The summed E-state index contributed by atoms with van der Waals surface area (Å²) in [6, 6.07) is 1.91. The maximum Gasteiger partial charge on any atom is 0.150 e. The highest BCUT2D eigenvalue weighted by molar-refractivity contribution is 5.79. The van der Waals surface area contributed by atoms with E-state index in [2.05, 4.69) is 13.8 Å². The summed E-state index contributed by atoms with van der Waals surface area (Å²) in [5, 5.41) is 0. The second kappa shape index (κ2) is 3.09. The van der Waals surface area contributed by atoms with Crippen molar-refractivity contribution < 1.29 is 9.53 Å². The van der Waals surface area contributed by atoms with Gasteiger partial charge in [-0.1, -0.05) is 0 Å². The van der Waals surface area contributed by atoms with Crippen LogP contribution in [-0.2, 0) is 6.42 Å². The van der Waals surface area contributed by atoms with Crippen LogP contribution in [0.15, 0.2) is 6.07 Å². The molecule has 15 heavy (non-hydrogen) atoms. The molecule has 0 fully saturated rings. The molecule has 2 rings (SSSR count). The Bertz CT molecular complexity index is 431. The van der Waals surface area contributed by atoms with Crippen molar-refractivity contribution in [1.29, 1.82) is 0 Å². The third kappa shape index (κ3) is 1.54. The van der Waals surface area contributed by atoms with Gasteiger partial charge in [-0.2, -0.15) is 0 Å². The Morgan fingerprint density at radius 2 is 2.07 bits per heavy atom. The number of hydrogen-bond donors (Lipinski definition) is 0. The molecule has 0 bridgehead atoms. The molecule has 0 N–H and O–H groups in total. The number of fused-ring (bicyclic) bond motifs is 1. The Morgan fingerprint density at radius 3 is 2.67 bits per heavy atom. The van der Waals surface area contributed by atoms with Crippen molar-refractivity contribution in [2.24, 2.45) is 0 Å². The molecule has 0 aromatic heterocycles. The van der Waals surface area contributed by atoms with Gasteiger partial charge in [0.2, 0.25) is 0 Å². The summed E-state index contributed by atoms with van der Waals surface area (Å²) in [7, 11) is 0. The van der Waals surface area contributed by atoms with Gasteiger partial charge in [0, 0.05) is 17.5 Å². The van der Waals surface area contributed by atoms with E-state index in [4.69, 9.17) is 4.74 Å². The van der Waals surface area contributed by atoms with E-state index in [1.807, 2.05) is 19.9 Å². The third-order valence-corrected chi connectivity index (χ3v) is 3.00. The van der Waals surface area contributed by atoms with Crippen molar-refractivity contribution in [3.8, 4) is 5.75 Å². The van der Waals surface area contributed by atoms with Gasteiger partial charge in [0.25, 0.3) is 0 Å². The van der Waals surface area contributed by atoms with E-state index in [-0.39, 0.29) is 5.60 Å². The van der Waals surface area contributed by atoms with Gasteiger partial charge in [0.1, 0.15) is 17.6 Å². The molecule has 1 aromatic rings. The predicted molar refractivity (Wildman–Crippen MR) is 59.7 cm³/mol. The Hall–Kier alpha value is -1.31. The van der Waals surface area contributed by atoms with Gasteiger partial charge in [0.05, 0.1) is 0 Å². The number of carbonyl (C=O) groups excluding carboxylic acids is 1. The van der Waals surface area contributed by atoms with Gasteiger partial charge in [-0.25, -0.2) is 0 Å². The fourth-order valence-corrected chi connectivity index (χ4v) is 2.21. The van der Waals surface area contributed by atoms with E-state index in [0.29, 0.717) is 0 Å². The monoisotopic (exact) mass is 204 g/mol. The van der Waals surface area contributed by atoms with Crippen LogP contribution in [0.5, 0.6) is 5.75 Å². The molecular weight excluding hydrogens is 188 g/mol. The van der Waals surface area contributed by atoms with Gasteiger partial charge >= 0.3 is 0 Å². The van der Waals surface area contributed by atoms with Gasteiger partial charge in [0.15, 0.2) is 0 Å². The van der Waals surface area contributed by atoms with Crippen LogP contribution in [-0.4, -0.2) is 11.9 Å². The topological polar surface area (TPSA) is 26.3 Å². The molecule has 0 aliphatic carbocycles. The number of hydrogen-bond acceptors (Lipinski definition) is 2. The molecule has 0 saturated carbocycles. The number of benzene rings is 1. The summed E-state index contributed by atoms with van der Waals surface area (Å²) in [5.41, 5.74) is 3.97. The first-order valence-corrected chi connectivity index (χ1v) is 5.22. The summed E-state index contributed by atoms with van der Waals surface area (Å²) in [6.07, 6.45) is 1.81. The molecule has 0 unspecified atom stereocenters. The molecule has 1 aromatic carbocycles. The normalized spacial score (nSPS) is 17.1. The van der Waals surface area contributed by atoms with Crippen LogP contribution in [0.25, 0.3) is 0 Å². The number of aldehydes is 1. The van der Waals surface area contributed by atoms with Gasteiger partial charge < -0.3 is 4.74 Å². The zero-order valence-electron chi connectivity index (χ0n) is 9.68. The van der Waals surface area contributed by atoms with Crippen molar-refractivity contribution in [3.05, 3.63) is 28.3 Å². The molecular formula is C13H16O2. The molecule has 1 heterocycles. The molecule has 0 spiro atoms. The molecule has 1 aliphatic rings. The molecule has 80 valence electrons. The molecule has 1 aliphatic heterocycles. The molecule has 2 heteroatoms. The van der Waals surface area contributed by atoms with Crippen LogP contribution in [0.1, 0.15) is 40.9 Å². The second-order valence-electron chi connectivity index (χ2n) is 4.87. The summed E-state index contributed by atoms with van der Waals surface area (Å²) in [4.78, 5) is 10.9. The average Bonchev–Trinajstić information content (AvgIpc) is 2.48. The van der Waals surface area contributed by atoms with Crippen molar-refractivity contribution in [2.75, 3.05) is 0 Å². The first-order valence-electron chi connectivity index (χ1n) is 5.22. The van der Waals surface area contributed by atoms with Gasteiger partial charge in [-0.15, -0.1) is 0 Å². The smallest absolute Gasteiger partial charge is 0.150 e. The van der Waals surface area contributed by atoms with E-state index >= 15 is 0 Å². The Kier molecular flexibility index (Phi) is 2.10. The van der Waals surface area contributed by atoms with Crippen molar-refractivity contribution in [1.82, 2.24) is 0 Å². The number of rotatable bonds is 1. The Labute approximate surface area is 90.3 Å². The summed E-state index contributed by atoms with van der Waals surface area (Å²) < 4.78 is 5.89. The van der Waals surface area contributed by atoms with E-state index < -0.39 is 0 Å².